The summed E-state index contributed by atoms with van der Waals surface area (Å²) in [5, 5.41) is 9.94. The van der Waals surface area contributed by atoms with Crippen LogP contribution in [0.5, 0.6) is 0 Å². The number of amides is 2. The predicted molar refractivity (Wildman–Crippen MR) is 68.4 cm³/mol. The zero-order valence-corrected chi connectivity index (χ0v) is 10.8. The highest BCUT2D eigenvalue weighted by Gasteiger charge is 2.43. The number of imide groups is 1. The highest BCUT2D eigenvalue weighted by Crippen LogP contribution is 2.23. The van der Waals surface area contributed by atoms with E-state index in [1.165, 1.54) is 0 Å². The molecule has 1 aromatic carbocycles. The smallest absolute Gasteiger partial charge is 0.416 e. The van der Waals surface area contributed by atoms with Gasteiger partial charge in [-0.1, -0.05) is 30.3 Å². The molecule has 0 radical (unpaired) electrons. The Hall–Kier alpha value is -1.88. The Morgan fingerprint density at radius 3 is 2.74 bits per heavy atom. The first-order chi connectivity index (χ1) is 9.13. The van der Waals surface area contributed by atoms with Crippen LogP contribution in [0.3, 0.4) is 0 Å². The second kappa shape index (κ2) is 5.84. The van der Waals surface area contributed by atoms with Crippen molar-refractivity contribution in [2.24, 2.45) is 0 Å². The molecule has 1 aliphatic rings. The van der Waals surface area contributed by atoms with E-state index in [0.717, 1.165) is 10.5 Å². The van der Waals surface area contributed by atoms with Gasteiger partial charge in [0.25, 0.3) is 0 Å². The van der Waals surface area contributed by atoms with Crippen LogP contribution in [0.2, 0.25) is 0 Å². The summed E-state index contributed by atoms with van der Waals surface area (Å²) in [5.41, 5.74) is 0.968. The topological polar surface area (TPSA) is 66.8 Å². The van der Waals surface area contributed by atoms with E-state index in [9.17, 15) is 14.7 Å². The zero-order chi connectivity index (χ0) is 13.8. The number of nitrogens with zero attached hydrogens (tertiary/aromatic N) is 1. The molecule has 0 aliphatic carbocycles. The van der Waals surface area contributed by atoms with Crippen LogP contribution >= 0.6 is 0 Å². The van der Waals surface area contributed by atoms with Crippen LogP contribution in [-0.2, 0) is 16.0 Å². The van der Waals surface area contributed by atoms with E-state index >= 15 is 0 Å². The molecule has 1 heterocycles. The molecule has 0 unspecified atom stereocenters. The number of likely N-dealkylation sites (tertiary alicyclic amines) is 1. The Morgan fingerprint density at radius 2 is 2.11 bits per heavy atom. The minimum absolute atomic E-state index is 0.0314. The number of hydrogen-bond acceptors (Lipinski definition) is 4. The lowest BCUT2D eigenvalue weighted by Gasteiger charge is -2.23. The summed E-state index contributed by atoms with van der Waals surface area (Å²) in [6, 6.07) is 8.91. The van der Waals surface area contributed by atoms with Gasteiger partial charge in [0.2, 0.25) is 5.91 Å². The summed E-state index contributed by atoms with van der Waals surface area (Å²) in [4.78, 5) is 24.6. The van der Waals surface area contributed by atoms with Crippen molar-refractivity contribution in [3.8, 4) is 0 Å². The second-order valence-electron chi connectivity index (χ2n) is 4.49. The molecule has 2 rings (SSSR count). The molecule has 5 nitrogen and oxygen atoms in total. The van der Waals surface area contributed by atoms with Crippen LogP contribution in [0, 0.1) is 0 Å². The Bertz CT molecular complexity index is 460. The van der Waals surface area contributed by atoms with Crippen LogP contribution in [0.4, 0.5) is 4.79 Å². The van der Waals surface area contributed by atoms with E-state index in [4.69, 9.17) is 4.74 Å². The van der Waals surface area contributed by atoms with Gasteiger partial charge in [0, 0.05) is 0 Å². The van der Waals surface area contributed by atoms with E-state index in [1.54, 1.807) is 6.92 Å². The molecule has 19 heavy (non-hydrogen) atoms. The minimum atomic E-state index is -0.836. The molecule has 2 amide bonds. The van der Waals surface area contributed by atoms with Gasteiger partial charge < -0.3 is 9.84 Å². The molecular formula is C14H17NO4. The maximum absolute atomic E-state index is 11.8. The van der Waals surface area contributed by atoms with E-state index in [0.29, 0.717) is 6.42 Å². The van der Waals surface area contributed by atoms with Gasteiger partial charge in [0.1, 0.15) is 0 Å². The highest BCUT2D eigenvalue weighted by atomic mass is 16.6. The summed E-state index contributed by atoms with van der Waals surface area (Å²) < 4.78 is 4.87. The number of aliphatic hydroxyl groups is 1. The van der Waals surface area contributed by atoms with Crippen molar-refractivity contribution in [3.63, 3.8) is 0 Å². The molecule has 0 spiro atoms. The minimum Gasteiger partial charge on any atom is -0.449 e. The number of benzene rings is 1. The Kier molecular flexibility index (Phi) is 4.16. The summed E-state index contributed by atoms with van der Waals surface area (Å²) in [6.45, 7) is 1.89. The van der Waals surface area contributed by atoms with E-state index in [2.05, 4.69) is 0 Å². The van der Waals surface area contributed by atoms with Gasteiger partial charge in [0.05, 0.1) is 25.2 Å². The number of carbonyl (C=O) groups excluding carboxylic acids is 2. The fraction of sp³-hybridized carbons (Fsp3) is 0.429. The number of rotatable bonds is 3. The third-order valence-electron chi connectivity index (χ3n) is 3.18. The third-order valence-corrected chi connectivity index (χ3v) is 3.18. The molecule has 1 aliphatic heterocycles. The van der Waals surface area contributed by atoms with Gasteiger partial charge in [-0.05, 0) is 18.9 Å². The lowest BCUT2D eigenvalue weighted by Crippen LogP contribution is -2.43. The second-order valence-corrected chi connectivity index (χ2v) is 4.49. The normalized spacial score (nSPS) is 22.6. The van der Waals surface area contributed by atoms with E-state index < -0.39 is 18.2 Å². The first kappa shape index (κ1) is 13.5. The zero-order valence-electron chi connectivity index (χ0n) is 10.8. The fourth-order valence-electron chi connectivity index (χ4n) is 2.28. The average Bonchev–Trinajstić information content (AvgIpc) is 2.66. The average molecular weight is 263 g/mol. The first-order valence-electron chi connectivity index (χ1n) is 6.34. The molecule has 1 fully saturated rings. The van der Waals surface area contributed by atoms with Gasteiger partial charge in [-0.3, -0.25) is 4.79 Å². The maximum Gasteiger partial charge on any atom is 0.416 e. The lowest BCUT2D eigenvalue weighted by molar-refractivity contribution is -0.127. The van der Waals surface area contributed by atoms with Crippen molar-refractivity contribution in [1.82, 2.24) is 4.90 Å². The number of carbonyl (C=O) groups is 2. The Morgan fingerprint density at radius 1 is 1.42 bits per heavy atom. The highest BCUT2D eigenvalue weighted by molar-refractivity contribution is 5.94. The van der Waals surface area contributed by atoms with Gasteiger partial charge in [-0.25, -0.2) is 9.69 Å². The number of ether oxygens (including phenoxy) is 1. The Balaban J connectivity index is 2.16. The first-order valence-corrected chi connectivity index (χ1v) is 6.34. The standard InChI is InChI=1S/C14H17NO4/c1-2-19-14(18)15-11(12(16)9-13(15)17)8-10-6-4-3-5-7-10/h3-7,11-12,16H,2,8-9H2,1H3/t11-,12-/m0/s1. The lowest BCUT2D eigenvalue weighted by atomic mass is 10.0. The van der Waals surface area contributed by atoms with E-state index in [1.807, 2.05) is 30.3 Å². The third kappa shape index (κ3) is 2.93. The molecule has 0 bridgehead atoms. The van der Waals surface area contributed by atoms with Crippen molar-refractivity contribution >= 4 is 12.0 Å². The van der Waals surface area contributed by atoms with Gasteiger partial charge in [-0.15, -0.1) is 0 Å². The fourth-order valence-corrected chi connectivity index (χ4v) is 2.28. The van der Waals surface area contributed by atoms with Crippen LogP contribution in [0.15, 0.2) is 30.3 Å². The van der Waals surface area contributed by atoms with Gasteiger partial charge >= 0.3 is 6.09 Å². The van der Waals surface area contributed by atoms with Crippen molar-refractivity contribution in [2.45, 2.75) is 31.9 Å². The monoisotopic (exact) mass is 263 g/mol. The van der Waals surface area contributed by atoms with Crippen molar-refractivity contribution in [2.75, 3.05) is 6.61 Å². The summed E-state index contributed by atoms with van der Waals surface area (Å²) in [7, 11) is 0. The largest absolute Gasteiger partial charge is 0.449 e. The van der Waals surface area contributed by atoms with Gasteiger partial charge in [-0.2, -0.15) is 0 Å². The molecule has 1 saturated heterocycles. The summed E-state index contributed by atoms with van der Waals surface area (Å²) >= 11 is 0. The number of aliphatic hydroxyl groups excluding tert-OH is 1. The Labute approximate surface area is 111 Å². The van der Waals surface area contributed by atoms with Crippen molar-refractivity contribution < 1.29 is 19.4 Å². The quantitative estimate of drug-likeness (QED) is 0.893. The van der Waals surface area contributed by atoms with Crippen molar-refractivity contribution in [1.29, 1.82) is 0 Å². The molecule has 5 heteroatoms. The van der Waals surface area contributed by atoms with Crippen LogP contribution in [0.1, 0.15) is 18.9 Å². The molecule has 0 saturated carbocycles. The summed E-state index contributed by atoms with van der Waals surface area (Å²) in [5.74, 6) is -0.383. The van der Waals surface area contributed by atoms with E-state index in [-0.39, 0.29) is 18.9 Å². The summed E-state index contributed by atoms with van der Waals surface area (Å²) in [6.07, 6.45) is -1.11. The molecule has 102 valence electrons. The van der Waals surface area contributed by atoms with Crippen LogP contribution < -0.4 is 0 Å². The SMILES string of the molecule is CCOC(=O)N1C(=O)C[C@H](O)[C@@H]1Cc1ccccc1. The molecule has 1 aromatic rings. The van der Waals surface area contributed by atoms with Crippen LogP contribution in [0.25, 0.3) is 0 Å². The number of hydrogen-bond donors (Lipinski definition) is 1. The predicted octanol–water partition coefficient (Wildman–Crippen LogP) is 1.35. The molecule has 2 atom stereocenters. The molecular weight excluding hydrogens is 246 g/mol. The van der Waals surface area contributed by atoms with Crippen LogP contribution in [-0.4, -0.2) is 40.8 Å². The molecule has 0 aromatic heterocycles. The maximum atomic E-state index is 11.8. The van der Waals surface area contributed by atoms with Crippen molar-refractivity contribution in [3.05, 3.63) is 35.9 Å². The molecule has 1 N–H and O–H groups in total. The van der Waals surface area contributed by atoms with Gasteiger partial charge in [0.15, 0.2) is 0 Å².